The molecule has 0 radical (unpaired) electrons. The van der Waals surface area contributed by atoms with Crippen LogP contribution in [0.1, 0.15) is 135 Å². The number of aromatic hydroxyl groups is 1. The Hall–Kier alpha value is -10.0. The SMILES string of the molecule is CC[C@H](C)[C@H](NC(=O)[C@@H](NC(=O)[C@H](CC(C)C)NC(=O)[C@H](Cc1c[nH]cn1)NC(=O)[C@H](Cc1ccccc1)NC(=O)[C@@H]1CCCN1C(=O)[C@H](Cc1c[nH]cn1)NC(=O)[C@@H](NC(=O)[C@@H](N)Cc1ccc(O)cc1)[C@@H](C)CC)C(C)C)C(=O)N[C@@H](Cc1c[nH]cn1)C(=O)N[C@@H](CCCCN)C(=O)O. The molecule has 3 aromatic heterocycles. The van der Waals surface area contributed by atoms with E-state index in [4.69, 9.17) is 11.5 Å². The van der Waals surface area contributed by atoms with Crippen molar-refractivity contribution in [3.63, 3.8) is 0 Å². The highest BCUT2D eigenvalue weighted by Crippen LogP contribution is 2.22. The molecule has 31 nitrogen and oxygen atoms in total. The second-order valence-corrected chi connectivity index (χ2v) is 26.7. The van der Waals surface area contributed by atoms with E-state index in [-0.39, 0.29) is 69.6 Å². The van der Waals surface area contributed by atoms with E-state index >= 15 is 0 Å². The number of hydrogen-bond donors (Lipinski definition) is 16. The number of unbranched alkanes of at least 4 members (excludes halogenated alkanes) is 1. The van der Waals surface area contributed by atoms with E-state index in [1.54, 1.807) is 83.3 Å². The molecule has 0 unspecified atom stereocenters. The van der Waals surface area contributed by atoms with Gasteiger partial charge >= 0.3 is 5.97 Å². The number of amides is 10. The Bertz CT molecular complexity index is 3480. The number of carboxylic acids is 1. The molecule has 550 valence electrons. The summed E-state index contributed by atoms with van der Waals surface area (Å²) in [6, 6.07) is 0.997. The molecule has 101 heavy (non-hydrogen) atoms. The zero-order valence-electron chi connectivity index (χ0n) is 58.8. The lowest BCUT2D eigenvalue weighted by molar-refractivity contribution is -0.142. The van der Waals surface area contributed by atoms with Crippen LogP contribution in [-0.2, 0) is 84.8 Å². The maximum atomic E-state index is 15.0. The van der Waals surface area contributed by atoms with Crippen LogP contribution in [-0.4, -0.2) is 190 Å². The number of carbonyl (C=O) groups excluding carboxylic acids is 10. The van der Waals surface area contributed by atoms with E-state index in [2.05, 4.69) is 77.8 Å². The minimum Gasteiger partial charge on any atom is -0.508 e. The summed E-state index contributed by atoms with van der Waals surface area (Å²) in [5, 5.41) is 44.6. The molecule has 0 aliphatic carbocycles. The molecule has 10 amide bonds. The van der Waals surface area contributed by atoms with Gasteiger partial charge in [-0.2, -0.15) is 0 Å². The predicted molar refractivity (Wildman–Crippen MR) is 373 cm³/mol. The van der Waals surface area contributed by atoms with E-state index < -0.39 is 149 Å². The number of imidazole rings is 3. The van der Waals surface area contributed by atoms with Crippen LogP contribution in [0.5, 0.6) is 5.75 Å². The van der Waals surface area contributed by atoms with Crippen LogP contribution in [0.3, 0.4) is 0 Å². The maximum Gasteiger partial charge on any atom is 0.326 e. The van der Waals surface area contributed by atoms with Crippen molar-refractivity contribution in [2.45, 2.75) is 205 Å². The zero-order valence-corrected chi connectivity index (χ0v) is 58.8. The molecule has 2 aromatic carbocycles. The zero-order chi connectivity index (χ0) is 73.9. The molecule has 0 saturated carbocycles. The van der Waals surface area contributed by atoms with Gasteiger partial charge in [0.15, 0.2) is 0 Å². The normalized spacial score (nSPS) is 16.5. The number of aromatic amines is 3. The lowest BCUT2D eigenvalue weighted by Gasteiger charge is -2.32. The minimum atomic E-state index is -1.44. The standard InChI is InChI=1S/C70H102N18O13/c1-9-41(7)58(86-60(90)49(72)28-44-21-23-48(89)24-22-44)68(98)84-55(32-47-35-75-38-78-47)69(99)88-26-16-20-56(88)65(95)82-52(29-43-17-12-11-13-18-43)61(91)81-53(30-45-33-73-36-76-45)63(93)80-51(27-39(3)4)64(94)85-57(40(5)6)66(96)87-59(42(8)10-2)67(97)83-54(31-46-34-74-37-77-46)62(92)79-50(70(100)101)19-14-15-25-71/h11-13,17-18,21-24,33-42,49-59,89H,9-10,14-16,19-20,25-32,71-72H2,1-8H3,(H,73,76)(H,74,77)(H,75,78)(H,79,92)(H,80,93)(H,81,91)(H,82,95)(H,83,97)(H,84,98)(H,85,94)(H,86,90)(H,87,96)(H,100,101)/t41-,42-,49-,50-,51-,52-,53-,54-,55-,56-,57-,58-,59-/m0/s1. The molecule has 0 bridgehead atoms. The maximum absolute atomic E-state index is 15.0. The van der Waals surface area contributed by atoms with Crippen LogP contribution >= 0.6 is 0 Å². The Morgan fingerprint density at radius 1 is 0.525 bits per heavy atom. The first-order chi connectivity index (χ1) is 48.2. The van der Waals surface area contributed by atoms with Gasteiger partial charge < -0.3 is 89.4 Å². The molecule has 31 heteroatoms. The molecule has 0 spiro atoms. The van der Waals surface area contributed by atoms with Gasteiger partial charge in [0.1, 0.15) is 66.2 Å². The van der Waals surface area contributed by atoms with Crippen LogP contribution in [0.25, 0.3) is 0 Å². The molecular weight excluding hydrogens is 1300 g/mol. The first-order valence-corrected chi connectivity index (χ1v) is 34.7. The first-order valence-electron chi connectivity index (χ1n) is 34.7. The fraction of sp³-hybridized carbons (Fsp3) is 0.543. The number of rotatable bonds is 41. The van der Waals surface area contributed by atoms with E-state index in [1.807, 2.05) is 20.8 Å². The van der Waals surface area contributed by atoms with Crippen LogP contribution < -0.4 is 59.3 Å². The van der Waals surface area contributed by atoms with Crippen LogP contribution in [0.2, 0.25) is 0 Å². The summed E-state index contributed by atoms with van der Waals surface area (Å²) in [5.41, 5.74) is 14.4. The number of phenolic OH excluding ortho intramolecular Hbond substituents is 1. The molecule has 1 saturated heterocycles. The van der Waals surface area contributed by atoms with Gasteiger partial charge in [0.05, 0.1) is 42.1 Å². The Morgan fingerprint density at radius 3 is 1.46 bits per heavy atom. The van der Waals surface area contributed by atoms with Crippen LogP contribution in [0, 0.1) is 23.7 Å². The molecular formula is C70H102N18O13. The highest BCUT2D eigenvalue weighted by atomic mass is 16.4. The Labute approximate surface area is 588 Å². The summed E-state index contributed by atoms with van der Waals surface area (Å²) >= 11 is 0. The third-order valence-electron chi connectivity index (χ3n) is 18.0. The van der Waals surface area contributed by atoms with Crippen molar-refractivity contribution in [2.24, 2.45) is 35.1 Å². The average Bonchev–Trinajstić information content (AvgIpc) is 1.76. The van der Waals surface area contributed by atoms with Gasteiger partial charge in [-0.1, -0.05) is 111 Å². The van der Waals surface area contributed by atoms with E-state index in [9.17, 15) is 63.0 Å². The van der Waals surface area contributed by atoms with Crippen molar-refractivity contribution in [3.8, 4) is 5.75 Å². The van der Waals surface area contributed by atoms with Gasteiger partial charge in [-0.15, -0.1) is 0 Å². The van der Waals surface area contributed by atoms with Gasteiger partial charge in [-0.05, 0) is 98.4 Å². The Balaban J connectivity index is 1.20. The molecule has 1 aliphatic heterocycles. The summed E-state index contributed by atoms with van der Waals surface area (Å²) in [4.78, 5) is 180. The number of likely N-dealkylation sites (tertiary alicyclic amines) is 1. The van der Waals surface area contributed by atoms with Crippen LogP contribution in [0.15, 0.2) is 92.2 Å². The summed E-state index contributed by atoms with van der Waals surface area (Å²) < 4.78 is 0. The number of benzene rings is 2. The molecule has 1 fully saturated rings. The number of hydrogen-bond acceptors (Lipinski definition) is 17. The first kappa shape index (κ1) is 79.9. The van der Waals surface area contributed by atoms with E-state index in [1.165, 1.54) is 48.4 Å². The fourth-order valence-corrected chi connectivity index (χ4v) is 11.8. The topological polar surface area (TPSA) is 478 Å². The molecule has 4 heterocycles. The molecule has 1 aliphatic rings. The van der Waals surface area contributed by atoms with Crippen molar-refractivity contribution < 1.29 is 63.0 Å². The second-order valence-electron chi connectivity index (χ2n) is 26.7. The molecule has 13 atom stereocenters. The van der Waals surface area contributed by atoms with Crippen molar-refractivity contribution in [3.05, 3.63) is 120 Å². The highest BCUT2D eigenvalue weighted by Gasteiger charge is 2.42. The summed E-state index contributed by atoms with van der Waals surface area (Å²) in [5.74, 6) is -10.4. The Kier molecular flexibility index (Phi) is 31.4. The monoisotopic (exact) mass is 1400 g/mol. The smallest absolute Gasteiger partial charge is 0.326 e. The van der Waals surface area contributed by atoms with Crippen molar-refractivity contribution >= 4 is 65.0 Å². The van der Waals surface area contributed by atoms with Gasteiger partial charge in [-0.3, -0.25) is 47.9 Å². The number of phenols is 1. The lowest BCUT2D eigenvalue weighted by Crippen LogP contribution is -2.62. The van der Waals surface area contributed by atoms with Crippen LogP contribution in [0.4, 0.5) is 0 Å². The summed E-state index contributed by atoms with van der Waals surface area (Å²) in [6.07, 6.45) is 10.8. The van der Waals surface area contributed by atoms with Gasteiger partial charge in [0.2, 0.25) is 59.1 Å². The third-order valence-corrected chi connectivity index (χ3v) is 18.0. The molecule has 6 rings (SSSR count). The highest BCUT2D eigenvalue weighted by molar-refractivity contribution is 5.99. The number of nitrogens with one attached hydrogen (secondary N) is 12. The van der Waals surface area contributed by atoms with Crippen molar-refractivity contribution in [1.82, 2.24) is 82.7 Å². The van der Waals surface area contributed by atoms with Crippen molar-refractivity contribution in [2.75, 3.05) is 13.1 Å². The summed E-state index contributed by atoms with van der Waals surface area (Å²) in [6.45, 7) is 14.5. The van der Waals surface area contributed by atoms with Crippen molar-refractivity contribution in [1.29, 1.82) is 0 Å². The third kappa shape index (κ3) is 24.7. The van der Waals surface area contributed by atoms with Gasteiger partial charge in [0.25, 0.3) is 0 Å². The number of aliphatic carboxylic acids is 1. The number of aromatic nitrogens is 6. The number of nitrogens with zero attached hydrogens (tertiary/aromatic N) is 4. The Morgan fingerprint density at radius 2 is 0.970 bits per heavy atom. The number of carboxylic acid groups (broad SMARTS) is 1. The lowest BCUT2D eigenvalue weighted by atomic mass is 9.95. The summed E-state index contributed by atoms with van der Waals surface area (Å²) in [7, 11) is 0. The molecule has 18 N–H and O–H groups in total. The van der Waals surface area contributed by atoms with Gasteiger partial charge in [-0.25, -0.2) is 19.7 Å². The number of nitrogens with two attached hydrogens (primary N) is 2. The fourth-order valence-electron chi connectivity index (χ4n) is 11.8. The van der Waals surface area contributed by atoms with Gasteiger partial charge in [0, 0.05) is 50.8 Å². The number of carbonyl (C=O) groups is 11. The second kappa shape index (κ2) is 39.7. The quantitative estimate of drug-likeness (QED) is 0.0240. The predicted octanol–water partition coefficient (Wildman–Crippen LogP) is 0.764. The number of H-pyrrole nitrogens is 3. The largest absolute Gasteiger partial charge is 0.508 e. The van der Waals surface area contributed by atoms with E-state index in [0.717, 1.165) is 0 Å². The average molecular weight is 1400 g/mol. The van der Waals surface area contributed by atoms with E-state index in [0.29, 0.717) is 66.9 Å². The minimum absolute atomic E-state index is 0.0434. The molecule has 5 aromatic rings.